The van der Waals surface area contributed by atoms with Crippen molar-refractivity contribution in [3.63, 3.8) is 0 Å². The molecular formula is C5H10O4S2. The molecule has 0 saturated heterocycles. The summed E-state index contributed by atoms with van der Waals surface area (Å²) >= 11 is 0. The van der Waals surface area contributed by atoms with E-state index in [4.69, 9.17) is 0 Å². The minimum absolute atomic E-state index is 0.0924. The summed E-state index contributed by atoms with van der Waals surface area (Å²) in [5.41, 5.74) is 0. The van der Waals surface area contributed by atoms with Gasteiger partial charge in [0.25, 0.3) is 0 Å². The second kappa shape index (κ2) is 4.50. The molecular weight excluding hydrogens is 188 g/mol. The van der Waals surface area contributed by atoms with Gasteiger partial charge < -0.3 is 0 Å². The van der Waals surface area contributed by atoms with Gasteiger partial charge >= 0.3 is 0 Å². The van der Waals surface area contributed by atoms with Gasteiger partial charge in [-0.25, -0.2) is 16.8 Å². The minimum Gasteiger partial charge on any atom is -0.232 e. The van der Waals surface area contributed by atoms with E-state index in [1.807, 2.05) is 0 Å². The highest BCUT2D eigenvalue weighted by Gasteiger charge is 1.95. The molecule has 0 aromatic rings. The molecule has 0 fully saturated rings. The molecule has 0 aliphatic rings. The predicted molar refractivity (Wildman–Crippen MR) is 44.0 cm³/mol. The maximum atomic E-state index is 10.5. The van der Waals surface area contributed by atoms with Crippen molar-refractivity contribution >= 4 is 20.5 Å². The third kappa shape index (κ3) is 9.64. The highest BCUT2D eigenvalue weighted by Crippen LogP contribution is 1.83. The average molecular weight is 198 g/mol. The van der Waals surface area contributed by atoms with Crippen LogP contribution in [0.4, 0.5) is 0 Å². The third-order valence-electron chi connectivity index (χ3n) is 0.820. The van der Waals surface area contributed by atoms with Crippen LogP contribution in [0.15, 0.2) is 12.2 Å². The van der Waals surface area contributed by atoms with Crippen LogP contribution in [0, 0.1) is 0 Å². The molecule has 11 heavy (non-hydrogen) atoms. The summed E-state index contributed by atoms with van der Waals surface area (Å²) in [4.78, 5) is 0. The van der Waals surface area contributed by atoms with Gasteiger partial charge in [-0.15, -0.1) is 0 Å². The third-order valence-corrected chi connectivity index (χ3v) is 2.13. The molecule has 0 N–H and O–H groups in total. The Balaban J connectivity index is 3.81. The van der Waals surface area contributed by atoms with Crippen LogP contribution in [0.5, 0.6) is 0 Å². The van der Waals surface area contributed by atoms with Crippen molar-refractivity contribution in [1.82, 2.24) is 0 Å². The van der Waals surface area contributed by atoms with Gasteiger partial charge in [0.05, 0.1) is 11.5 Å². The largest absolute Gasteiger partial charge is 0.232 e. The number of thiol groups is 1. The SMILES string of the molecule is CS(=O)(=O)C/C=C/C[SH](=O)=O. The van der Waals surface area contributed by atoms with E-state index in [1.165, 1.54) is 12.2 Å². The van der Waals surface area contributed by atoms with Crippen molar-refractivity contribution in [2.45, 2.75) is 0 Å². The molecule has 0 amide bonds. The summed E-state index contributed by atoms with van der Waals surface area (Å²) in [7, 11) is -5.44. The van der Waals surface area contributed by atoms with Gasteiger partial charge in [-0.2, -0.15) is 0 Å². The Bertz CT molecular complexity index is 288. The van der Waals surface area contributed by atoms with Crippen molar-refractivity contribution in [2.24, 2.45) is 0 Å². The molecule has 6 heteroatoms. The Morgan fingerprint density at radius 2 is 1.82 bits per heavy atom. The van der Waals surface area contributed by atoms with E-state index in [1.54, 1.807) is 0 Å². The van der Waals surface area contributed by atoms with Crippen LogP contribution in [0.1, 0.15) is 0 Å². The van der Waals surface area contributed by atoms with E-state index in [2.05, 4.69) is 0 Å². The molecule has 0 aromatic carbocycles. The van der Waals surface area contributed by atoms with Crippen LogP contribution < -0.4 is 0 Å². The zero-order valence-corrected chi connectivity index (χ0v) is 7.77. The molecule has 4 nitrogen and oxygen atoms in total. The second-order valence-electron chi connectivity index (χ2n) is 2.08. The first-order valence-corrected chi connectivity index (χ1v) is 6.28. The monoisotopic (exact) mass is 198 g/mol. The smallest absolute Gasteiger partial charge is 0.150 e. The van der Waals surface area contributed by atoms with Gasteiger partial charge in [-0.05, 0) is 0 Å². The summed E-state index contributed by atoms with van der Waals surface area (Å²) in [5.74, 6) is -0.193. The normalized spacial score (nSPS) is 12.9. The molecule has 0 aliphatic carbocycles. The summed E-state index contributed by atoms with van der Waals surface area (Å²) < 4.78 is 40.9. The Labute approximate surface area is 67.8 Å². The average Bonchev–Trinajstić information content (AvgIpc) is 1.78. The lowest BCUT2D eigenvalue weighted by molar-refractivity contribution is 0.604. The number of rotatable bonds is 4. The summed E-state index contributed by atoms with van der Waals surface area (Å²) in [6.07, 6.45) is 3.75. The highest BCUT2D eigenvalue weighted by atomic mass is 32.2. The number of hydrogen-bond donors (Lipinski definition) is 1. The molecule has 0 radical (unpaired) electrons. The van der Waals surface area contributed by atoms with Crippen LogP contribution >= 0.6 is 0 Å². The maximum Gasteiger partial charge on any atom is 0.150 e. The lowest BCUT2D eigenvalue weighted by Gasteiger charge is -1.86. The standard InChI is InChI=1S/C5H10O4S2/c1-11(8,9)5-3-2-4-10(6)7/h2-3,10H,4-5H2,1H3/b3-2+. The van der Waals surface area contributed by atoms with Crippen LogP contribution in [-0.2, 0) is 20.5 Å². The molecule has 0 bridgehead atoms. The molecule has 0 atom stereocenters. The maximum absolute atomic E-state index is 10.5. The van der Waals surface area contributed by atoms with E-state index in [-0.39, 0.29) is 11.5 Å². The van der Waals surface area contributed by atoms with Gasteiger partial charge in [-0.3, -0.25) is 0 Å². The first-order chi connectivity index (χ1) is 4.92. The Hall–Kier alpha value is -0.360. The van der Waals surface area contributed by atoms with Crippen LogP contribution in [0.3, 0.4) is 0 Å². The van der Waals surface area contributed by atoms with Crippen molar-refractivity contribution in [2.75, 3.05) is 17.8 Å². The van der Waals surface area contributed by atoms with Gasteiger partial charge in [0.15, 0.2) is 9.84 Å². The Kier molecular flexibility index (Phi) is 4.36. The predicted octanol–water partition coefficient (Wildman–Crippen LogP) is -0.801. The van der Waals surface area contributed by atoms with Crippen molar-refractivity contribution in [3.8, 4) is 0 Å². The van der Waals surface area contributed by atoms with E-state index in [0.717, 1.165) is 6.26 Å². The molecule has 0 saturated carbocycles. The zero-order chi connectivity index (χ0) is 8.91. The quantitative estimate of drug-likeness (QED) is 0.474. The van der Waals surface area contributed by atoms with Crippen LogP contribution in [-0.4, -0.2) is 34.6 Å². The minimum atomic E-state index is -3.01. The fraction of sp³-hybridized carbons (Fsp3) is 0.600. The zero-order valence-electron chi connectivity index (χ0n) is 6.06. The lowest BCUT2D eigenvalue weighted by atomic mass is 10.6. The molecule has 0 unspecified atom stereocenters. The van der Waals surface area contributed by atoms with Gasteiger partial charge in [0, 0.05) is 6.26 Å². The number of hydrogen-bond acceptors (Lipinski definition) is 4. The van der Waals surface area contributed by atoms with Crippen molar-refractivity contribution in [1.29, 1.82) is 0 Å². The van der Waals surface area contributed by atoms with E-state index < -0.39 is 20.5 Å². The topological polar surface area (TPSA) is 68.3 Å². The molecule has 0 aliphatic heterocycles. The van der Waals surface area contributed by atoms with Crippen molar-refractivity contribution in [3.05, 3.63) is 12.2 Å². The fourth-order valence-electron chi connectivity index (χ4n) is 0.403. The van der Waals surface area contributed by atoms with Crippen molar-refractivity contribution < 1.29 is 16.8 Å². The summed E-state index contributed by atoms with van der Waals surface area (Å²) in [6.45, 7) is 0. The van der Waals surface area contributed by atoms with Gasteiger partial charge in [0.1, 0.15) is 10.7 Å². The molecule has 66 valence electrons. The van der Waals surface area contributed by atoms with Crippen LogP contribution in [0.2, 0.25) is 0 Å². The second-order valence-corrected chi connectivity index (χ2v) is 5.29. The molecule has 0 aromatic heterocycles. The summed E-state index contributed by atoms with van der Waals surface area (Å²) in [6, 6.07) is 0. The van der Waals surface area contributed by atoms with Crippen LogP contribution in [0.25, 0.3) is 0 Å². The Morgan fingerprint density at radius 1 is 1.27 bits per heavy atom. The van der Waals surface area contributed by atoms with E-state index in [0.29, 0.717) is 0 Å². The van der Waals surface area contributed by atoms with Gasteiger partial charge in [0.2, 0.25) is 0 Å². The number of sulfone groups is 1. The Morgan fingerprint density at radius 3 is 2.18 bits per heavy atom. The molecule has 0 spiro atoms. The fourth-order valence-corrected chi connectivity index (χ4v) is 1.21. The molecule has 0 heterocycles. The van der Waals surface area contributed by atoms with E-state index in [9.17, 15) is 16.8 Å². The molecule has 0 rings (SSSR count). The lowest BCUT2D eigenvalue weighted by Crippen LogP contribution is -1.99. The summed E-state index contributed by atoms with van der Waals surface area (Å²) in [5, 5.41) is 0. The van der Waals surface area contributed by atoms with E-state index >= 15 is 0 Å². The first-order valence-electron chi connectivity index (χ1n) is 2.86. The first kappa shape index (κ1) is 10.6. The van der Waals surface area contributed by atoms with Gasteiger partial charge in [-0.1, -0.05) is 12.2 Å². The highest BCUT2D eigenvalue weighted by molar-refractivity contribution is 7.90.